The maximum absolute atomic E-state index is 11.8. The molecule has 14 heavy (non-hydrogen) atoms. The predicted octanol–water partition coefficient (Wildman–Crippen LogP) is 0.418. The molecule has 0 aliphatic rings. The standard InChI is InChI=1S/C8H17N3O2S/c1-4-10(5-2)14(12,13)11(6-3)8-7-9/h4-6,8H2,1-3H3. The Kier molecular flexibility index (Phi) is 5.69. The molecule has 0 radical (unpaired) electrons. The Labute approximate surface area is 86.1 Å². The van der Waals surface area contributed by atoms with E-state index in [2.05, 4.69) is 0 Å². The SMILES string of the molecule is CCN(CC)S(=O)(=O)N(CC)CC#N. The van der Waals surface area contributed by atoms with Crippen LogP contribution < -0.4 is 0 Å². The van der Waals surface area contributed by atoms with Crippen molar-refractivity contribution in [2.24, 2.45) is 0 Å². The van der Waals surface area contributed by atoms with Crippen molar-refractivity contribution in [3.63, 3.8) is 0 Å². The quantitative estimate of drug-likeness (QED) is 0.608. The summed E-state index contributed by atoms with van der Waals surface area (Å²) in [7, 11) is -3.43. The topological polar surface area (TPSA) is 64.4 Å². The maximum atomic E-state index is 11.8. The van der Waals surface area contributed by atoms with Crippen molar-refractivity contribution in [2.45, 2.75) is 20.8 Å². The molecule has 0 aliphatic heterocycles. The molecule has 0 saturated heterocycles. The number of hydrogen-bond donors (Lipinski definition) is 0. The van der Waals surface area contributed by atoms with E-state index in [0.29, 0.717) is 19.6 Å². The third-order valence-electron chi connectivity index (χ3n) is 1.96. The highest BCUT2D eigenvalue weighted by molar-refractivity contribution is 7.86. The molecule has 0 aromatic heterocycles. The van der Waals surface area contributed by atoms with Gasteiger partial charge >= 0.3 is 0 Å². The largest absolute Gasteiger partial charge is 0.282 e. The summed E-state index contributed by atoms with van der Waals surface area (Å²) >= 11 is 0. The molecule has 0 atom stereocenters. The smallest absolute Gasteiger partial charge is 0.197 e. The molecule has 0 saturated carbocycles. The first-order valence-electron chi connectivity index (χ1n) is 4.66. The van der Waals surface area contributed by atoms with Gasteiger partial charge in [-0.1, -0.05) is 20.8 Å². The Bertz CT molecular complexity index is 290. The highest BCUT2D eigenvalue weighted by Gasteiger charge is 2.25. The molecular weight excluding hydrogens is 202 g/mol. The van der Waals surface area contributed by atoms with Gasteiger partial charge in [0.25, 0.3) is 10.2 Å². The zero-order valence-corrected chi connectivity index (χ0v) is 9.71. The molecule has 82 valence electrons. The van der Waals surface area contributed by atoms with Crippen molar-refractivity contribution < 1.29 is 8.42 Å². The van der Waals surface area contributed by atoms with Gasteiger partial charge in [0, 0.05) is 19.6 Å². The van der Waals surface area contributed by atoms with Crippen LogP contribution in [-0.2, 0) is 10.2 Å². The molecule has 0 N–H and O–H groups in total. The molecule has 0 unspecified atom stereocenters. The minimum Gasteiger partial charge on any atom is -0.197 e. The van der Waals surface area contributed by atoms with E-state index in [0.717, 1.165) is 0 Å². The summed E-state index contributed by atoms with van der Waals surface area (Å²) in [6.07, 6.45) is 0. The van der Waals surface area contributed by atoms with Crippen LogP contribution in [0.3, 0.4) is 0 Å². The lowest BCUT2D eigenvalue weighted by Crippen LogP contribution is -2.43. The lowest BCUT2D eigenvalue weighted by molar-refractivity contribution is 0.373. The van der Waals surface area contributed by atoms with E-state index in [-0.39, 0.29) is 6.54 Å². The van der Waals surface area contributed by atoms with Gasteiger partial charge in [-0.15, -0.1) is 0 Å². The normalized spacial score (nSPS) is 12.0. The van der Waals surface area contributed by atoms with Gasteiger partial charge in [0.15, 0.2) is 0 Å². The van der Waals surface area contributed by atoms with Crippen LogP contribution in [0.15, 0.2) is 0 Å². The van der Waals surface area contributed by atoms with Crippen LogP contribution in [-0.4, -0.2) is 43.2 Å². The van der Waals surface area contributed by atoms with Crippen LogP contribution in [0.4, 0.5) is 0 Å². The first kappa shape index (κ1) is 13.4. The second-order valence-corrected chi connectivity index (χ2v) is 4.60. The third-order valence-corrected chi connectivity index (χ3v) is 4.17. The molecule has 0 aromatic carbocycles. The Morgan fingerprint density at radius 3 is 1.79 bits per heavy atom. The van der Waals surface area contributed by atoms with E-state index in [1.165, 1.54) is 8.61 Å². The van der Waals surface area contributed by atoms with Gasteiger partial charge in [-0.05, 0) is 0 Å². The van der Waals surface area contributed by atoms with Crippen molar-refractivity contribution in [2.75, 3.05) is 26.2 Å². The van der Waals surface area contributed by atoms with Crippen molar-refractivity contribution in [3.05, 3.63) is 0 Å². The van der Waals surface area contributed by atoms with Gasteiger partial charge in [-0.25, -0.2) is 0 Å². The number of hydrogen-bond acceptors (Lipinski definition) is 3. The molecule has 6 heteroatoms. The van der Waals surface area contributed by atoms with Crippen molar-refractivity contribution >= 4 is 10.2 Å². The summed E-state index contributed by atoms with van der Waals surface area (Å²) in [4.78, 5) is 0. The predicted molar refractivity (Wildman–Crippen MR) is 54.7 cm³/mol. The molecule has 0 aliphatic carbocycles. The van der Waals surface area contributed by atoms with E-state index in [9.17, 15) is 8.42 Å². The van der Waals surface area contributed by atoms with Crippen LogP contribution in [0.2, 0.25) is 0 Å². The molecule has 0 heterocycles. The summed E-state index contributed by atoms with van der Waals surface area (Å²) in [5.41, 5.74) is 0. The van der Waals surface area contributed by atoms with Crippen LogP contribution in [0.5, 0.6) is 0 Å². The molecule has 5 nitrogen and oxygen atoms in total. The summed E-state index contributed by atoms with van der Waals surface area (Å²) in [6, 6.07) is 1.85. The van der Waals surface area contributed by atoms with Gasteiger partial charge in [-0.3, -0.25) is 0 Å². The molecule has 0 bridgehead atoms. The first-order chi connectivity index (χ1) is 6.54. The summed E-state index contributed by atoms with van der Waals surface area (Å²) in [6.45, 7) is 6.38. The zero-order valence-electron chi connectivity index (χ0n) is 8.89. The maximum Gasteiger partial charge on any atom is 0.282 e. The van der Waals surface area contributed by atoms with Crippen molar-refractivity contribution in [1.29, 1.82) is 5.26 Å². The van der Waals surface area contributed by atoms with Crippen LogP contribution in [0.25, 0.3) is 0 Å². The lowest BCUT2D eigenvalue weighted by Gasteiger charge is -2.25. The molecular formula is C8H17N3O2S. The molecule has 0 spiro atoms. The van der Waals surface area contributed by atoms with Crippen molar-refractivity contribution in [3.8, 4) is 6.07 Å². The van der Waals surface area contributed by atoms with Gasteiger partial charge in [0.05, 0.1) is 6.07 Å². The van der Waals surface area contributed by atoms with Gasteiger partial charge in [0.2, 0.25) is 0 Å². The van der Waals surface area contributed by atoms with E-state index in [4.69, 9.17) is 5.26 Å². The fraction of sp³-hybridized carbons (Fsp3) is 0.875. The second kappa shape index (κ2) is 5.96. The van der Waals surface area contributed by atoms with Gasteiger partial charge in [-0.2, -0.15) is 22.3 Å². The fourth-order valence-electron chi connectivity index (χ4n) is 1.15. The third kappa shape index (κ3) is 2.94. The van der Waals surface area contributed by atoms with E-state index in [1.54, 1.807) is 20.8 Å². The summed E-state index contributed by atoms with van der Waals surface area (Å²) in [5, 5.41) is 8.48. The van der Waals surface area contributed by atoms with Gasteiger partial charge in [0.1, 0.15) is 6.54 Å². The monoisotopic (exact) mass is 219 g/mol. The Morgan fingerprint density at radius 1 is 1.07 bits per heavy atom. The number of nitriles is 1. The minimum atomic E-state index is -3.43. The first-order valence-corrected chi connectivity index (χ1v) is 6.06. The molecule has 0 fully saturated rings. The fourth-order valence-corrected chi connectivity index (χ4v) is 2.67. The van der Waals surface area contributed by atoms with Crippen LogP contribution in [0.1, 0.15) is 20.8 Å². The highest BCUT2D eigenvalue weighted by atomic mass is 32.2. The average molecular weight is 219 g/mol. The van der Waals surface area contributed by atoms with Crippen LogP contribution >= 0.6 is 0 Å². The van der Waals surface area contributed by atoms with E-state index in [1.807, 2.05) is 6.07 Å². The van der Waals surface area contributed by atoms with Crippen LogP contribution in [0, 0.1) is 11.3 Å². The number of nitrogens with zero attached hydrogens (tertiary/aromatic N) is 3. The Hall–Kier alpha value is -0.640. The number of rotatable bonds is 6. The van der Waals surface area contributed by atoms with E-state index >= 15 is 0 Å². The zero-order chi connectivity index (χ0) is 11.2. The van der Waals surface area contributed by atoms with Gasteiger partial charge < -0.3 is 0 Å². The highest BCUT2D eigenvalue weighted by Crippen LogP contribution is 2.06. The average Bonchev–Trinajstić information content (AvgIpc) is 2.15. The molecule has 0 amide bonds. The van der Waals surface area contributed by atoms with Crippen molar-refractivity contribution in [1.82, 2.24) is 8.61 Å². The summed E-state index contributed by atoms with van der Waals surface area (Å²) < 4.78 is 26.1. The van der Waals surface area contributed by atoms with E-state index < -0.39 is 10.2 Å². The Balaban J connectivity index is 4.82. The summed E-state index contributed by atoms with van der Waals surface area (Å²) in [5.74, 6) is 0. The molecule has 0 rings (SSSR count). The Morgan fingerprint density at radius 2 is 1.50 bits per heavy atom. The lowest BCUT2D eigenvalue weighted by atomic mass is 10.6. The second-order valence-electron chi connectivity index (χ2n) is 2.68. The minimum absolute atomic E-state index is 0.0880. The molecule has 0 aromatic rings.